The lowest BCUT2D eigenvalue weighted by Crippen LogP contribution is -2.33. The van der Waals surface area contributed by atoms with Gasteiger partial charge in [-0.25, -0.2) is 13.1 Å². The largest absolute Gasteiger partial charge is 0.497 e. The third-order valence-electron chi connectivity index (χ3n) is 2.51. The van der Waals surface area contributed by atoms with E-state index < -0.39 is 15.9 Å². The van der Waals surface area contributed by atoms with Crippen LogP contribution in [-0.4, -0.2) is 40.8 Å². The first kappa shape index (κ1) is 16.3. The zero-order valence-electron chi connectivity index (χ0n) is 11.6. The zero-order valence-corrected chi connectivity index (χ0v) is 12.4. The third-order valence-corrected chi connectivity index (χ3v) is 3.86. The van der Waals surface area contributed by atoms with Crippen LogP contribution in [0.15, 0.2) is 18.2 Å². The predicted molar refractivity (Wildman–Crippen MR) is 75.6 cm³/mol. The highest BCUT2D eigenvalue weighted by atomic mass is 32.2. The molecule has 7 nitrogen and oxygen atoms in total. The molecule has 0 bridgehead atoms. The van der Waals surface area contributed by atoms with Gasteiger partial charge in [-0.1, -0.05) is 0 Å². The van der Waals surface area contributed by atoms with Gasteiger partial charge in [0.2, 0.25) is 15.9 Å². The summed E-state index contributed by atoms with van der Waals surface area (Å²) in [7, 11) is -0.430. The van der Waals surface area contributed by atoms with Crippen LogP contribution in [0.1, 0.15) is 6.92 Å². The molecule has 0 atom stereocenters. The van der Waals surface area contributed by atoms with Gasteiger partial charge in [0, 0.05) is 6.07 Å². The van der Waals surface area contributed by atoms with Crippen LogP contribution < -0.4 is 19.5 Å². The predicted octanol–water partition coefficient (Wildman–Crippen LogP) is 0.582. The molecule has 0 aromatic heterocycles. The lowest BCUT2D eigenvalue weighted by Gasteiger charge is -2.12. The normalized spacial score (nSPS) is 10.9. The van der Waals surface area contributed by atoms with Gasteiger partial charge >= 0.3 is 0 Å². The summed E-state index contributed by atoms with van der Waals surface area (Å²) in [6.45, 7) is 1.15. The number of carbonyl (C=O) groups is 1. The fourth-order valence-electron chi connectivity index (χ4n) is 1.38. The second kappa shape index (κ2) is 7.11. The number of anilines is 1. The molecule has 1 aromatic carbocycles. The maximum Gasteiger partial charge on any atom is 0.239 e. The molecule has 0 radical (unpaired) electrons. The van der Waals surface area contributed by atoms with Crippen LogP contribution in [0.2, 0.25) is 0 Å². The molecule has 1 aromatic rings. The first-order valence-electron chi connectivity index (χ1n) is 5.91. The van der Waals surface area contributed by atoms with Gasteiger partial charge in [0.25, 0.3) is 0 Å². The third kappa shape index (κ3) is 4.71. The van der Waals surface area contributed by atoms with Crippen molar-refractivity contribution in [3.63, 3.8) is 0 Å². The minimum absolute atomic E-state index is 0.0806. The minimum atomic E-state index is -3.40. The monoisotopic (exact) mass is 302 g/mol. The Hall–Kier alpha value is -1.80. The average molecular weight is 302 g/mol. The lowest BCUT2D eigenvalue weighted by molar-refractivity contribution is -0.115. The average Bonchev–Trinajstić information content (AvgIpc) is 2.45. The molecule has 0 spiro atoms. The van der Waals surface area contributed by atoms with E-state index in [2.05, 4.69) is 10.0 Å². The maximum atomic E-state index is 11.7. The minimum Gasteiger partial charge on any atom is -0.497 e. The quantitative estimate of drug-likeness (QED) is 0.768. The fourth-order valence-corrected chi connectivity index (χ4v) is 1.94. The Morgan fingerprint density at radius 3 is 2.50 bits per heavy atom. The highest BCUT2D eigenvalue weighted by molar-refractivity contribution is 7.89. The Kier molecular flexibility index (Phi) is 5.78. The lowest BCUT2D eigenvalue weighted by atomic mass is 10.2. The Balaban J connectivity index is 2.74. The number of ether oxygens (including phenoxy) is 2. The number of nitrogens with one attached hydrogen (secondary N) is 2. The summed E-state index contributed by atoms with van der Waals surface area (Å²) in [5.74, 6) is 0.435. The molecule has 1 rings (SSSR count). The van der Waals surface area contributed by atoms with Crippen LogP contribution in [0, 0.1) is 0 Å². The summed E-state index contributed by atoms with van der Waals surface area (Å²) in [6.07, 6.45) is 0. The highest BCUT2D eigenvalue weighted by Crippen LogP contribution is 2.28. The number of rotatable bonds is 7. The van der Waals surface area contributed by atoms with E-state index in [4.69, 9.17) is 9.47 Å². The van der Waals surface area contributed by atoms with Crippen molar-refractivity contribution in [3.8, 4) is 11.5 Å². The smallest absolute Gasteiger partial charge is 0.239 e. The molecular formula is C12H18N2O5S. The van der Waals surface area contributed by atoms with E-state index in [0.29, 0.717) is 17.2 Å². The highest BCUT2D eigenvalue weighted by Gasteiger charge is 2.12. The first-order chi connectivity index (χ1) is 9.41. The molecule has 0 saturated carbocycles. The summed E-state index contributed by atoms with van der Waals surface area (Å²) in [6, 6.07) is 4.92. The van der Waals surface area contributed by atoms with Gasteiger partial charge in [0.05, 0.1) is 32.2 Å². The molecule has 2 N–H and O–H groups in total. The van der Waals surface area contributed by atoms with Gasteiger partial charge in [-0.15, -0.1) is 0 Å². The van der Waals surface area contributed by atoms with Crippen molar-refractivity contribution in [1.29, 1.82) is 0 Å². The molecule has 112 valence electrons. The molecule has 1 amide bonds. The molecule has 0 fully saturated rings. The fraction of sp³-hybridized carbons (Fsp3) is 0.417. The van der Waals surface area contributed by atoms with Crippen LogP contribution in [-0.2, 0) is 14.8 Å². The van der Waals surface area contributed by atoms with E-state index in [1.807, 2.05) is 0 Å². The van der Waals surface area contributed by atoms with Gasteiger partial charge in [0.15, 0.2) is 0 Å². The van der Waals surface area contributed by atoms with E-state index in [-0.39, 0.29) is 12.3 Å². The number of carbonyl (C=O) groups excluding carboxylic acids is 1. The van der Waals surface area contributed by atoms with E-state index in [1.54, 1.807) is 18.2 Å². The van der Waals surface area contributed by atoms with Crippen molar-refractivity contribution in [2.75, 3.05) is 31.8 Å². The van der Waals surface area contributed by atoms with Gasteiger partial charge in [-0.3, -0.25) is 4.79 Å². The number of hydrogen-bond donors (Lipinski definition) is 2. The molecular weight excluding hydrogens is 284 g/mol. The SMILES string of the molecule is CCS(=O)(=O)NCC(=O)Nc1cc(OC)ccc1OC. The van der Waals surface area contributed by atoms with E-state index >= 15 is 0 Å². The number of sulfonamides is 1. The van der Waals surface area contributed by atoms with E-state index in [1.165, 1.54) is 21.1 Å². The topological polar surface area (TPSA) is 93.7 Å². The number of benzene rings is 1. The van der Waals surface area contributed by atoms with Gasteiger partial charge < -0.3 is 14.8 Å². The molecule has 8 heteroatoms. The van der Waals surface area contributed by atoms with E-state index in [9.17, 15) is 13.2 Å². The number of methoxy groups -OCH3 is 2. The van der Waals surface area contributed by atoms with Crippen LogP contribution >= 0.6 is 0 Å². The summed E-state index contributed by atoms with van der Waals surface area (Å²) in [4.78, 5) is 11.7. The van der Waals surface area contributed by atoms with Gasteiger partial charge in [-0.2, -0.15) is 0 Å². The maximum absolute atomic E-state index is 11.7. The van der Waals surface area contributed by atoms with Crippen molar-refractivity contribution in [3.05, 3.63) is 18.2 Å². The Labute approximate surface area is 118 Å². The zero-order chi connectivity index (χ0) is 15.2. The summed E-state index contributed by atoms with van der Waals surface area (Å²) in [5.41, 5.74) is 0.410. The van der Waals surface area contributed by atoms with Crippen LogP contribution in [0.25, 0.3) is 0 Å². The number of hydrogen-bond acceptors (Lipinski definition) is 5. The second-order valence-corrected chi connectivity index (χ2v) is 5.93. The van der Waals surface area contributed by atoms with Crippen molar-refractivity contribution in [2.24, 2.45) is 0 Å². The van der Waals surface area contributed by atoms with Crippen LogP contribution in [0.4, 0.5) is 5.69 Å². The molecule has 0 heterocycles. The van der Waals surface area contributed by atoms with E-state index in [0.717, 1.165) is 0 Å². The molecule has 0 saturated heterocycles. The molecule has 0 aliphatic rings. The molecule has 20 heavy (non-hydrogen) atoms. The second-order valence-electron chi connectivity index (χ2n) is 3.84. The van der Waals surface area contributed by atoms with Gasteiger partial charge in [-0.05, 0) is 19.1 Å². The van der Waals surface area contributed by atoms with Crippen molar-refractivity contribution in [2.45, 2.75) is 6.92 Å². The Morgan fingerprint density at radius 2 is 1.95 bits per heavy atom. The summed E-state index contributed by atoms with van der Waals surface area (Å²) < 4.78 is 34.8. The summed E-state index contributed by atoms with van der Waals surface area (Å²) >= 11 is 0. The van der Waals surface area contributed by atoms with Gasteiger partial charge in [0.1, 0.15) is 11.5 Å². The van der Waals surface area contributed by atoms with Crippen LogP contribution in [0.3, 0.4) is 0 Å². The Morgan fingerprint density at radius 1 is 1.25 bits per heavy atom. The van der Waals surface area contributed by atoms with Crippen molar-refractivity contribution >= 4 is 21.6 Å². The standard InChI is InChI=1S/C12H18N2O5S/c1-4-20(16,17)13-8-12(15)14-10-7-9(18-2)5-6-11(10)19-3/h5-7,13H,4,8H2,1-3H3,(H,14,15). The van der Waals surface area contributed by atoms with Crippen molar-refractivity contribution in [1.82, 2.24) is 4.72 Å². The molecule has 0 aliphatic carbocycles. The van der Waals surface area contributed by atoms with Crippen LogP contribution in [0.5, 0.6) is 11.5 Å². The number of amides is 1. The molecule has 0 aliphatic heterocycles. The first-order valence-corrected chi connectivity index (χ1v) is 7.56. The summed E-state index contributed by atoms with van der Waals surface area (Å²) in [5, 5.41) is 2.56. The van der Waals surface area contributed by atoms with Crippen molar-refractivity contribution < 1.29 is 22.7 Å². The molecule has 0 unspecified atom stereocenters. The Bertz CT molecular complexity index is 571.